The zero-order valence-electron chi connectivity index (χ0n) is 8.32. The van der Waals surface area contributed by atoms with Crippen molar-refractivity contribution in [1.29, 1.82) is 0 Å². The molecular weight excluding hydrogens is 168 g/mol. The maximum atomic E-state index is 10.1. The third kappa shape index (κ3) is 2.08. The van der Waals surface area contributed by atoms with Gasteiger partial charge in [-0.25, -0.2) is 0 Å². The number of hydrogen-bond acceptors (Lipinski definition) is 3. The topological polar surface area (TPSA) is 47.3 Å². The summed E-state index contributed by atoms with van der Waals surface area (Å²) in [6.07, 6.45) is 4.09. The first-order valence-electron chi connectivity index (χ1n) is 4.33. The number of nitrogens with zero attached hydrogens (tertiary/aromatic N) is 2. The van der Waals surface area contributed by atoms with Gasteiger partial charge in [0.25, 0.3) is 0 Å². The van der Waals surface area contributed by atoms with Crippen LogP contribution in [0.15, 0.2) is 12.4 Å². The van der Waals surface area contributed by atoms with E-state index in [9.17, 15) is 5.11 Å². The molecule has 0 saturated heterocycles. The van der Waals surface area contributed by atoms with Gasteiger partial charge < -0.3 is 9.84 Å². The van der Waals surface area contributed by atoms with Gasteiger partial charge in [0.2, 0.25) is 0 Å². The first-order chi connectivity index (χ1) is 6.12. The Bertz CT molecular complexity index is 272. The minimum Gasteiger partial charge on any atom is -0.383 e. The Kier molecular flexibility index (Phi) is 3.06. The van der Waals surface area contributed by atoms with Crippen molar-refractivity contribution < 1.29 is 9.84 Å². The number of aliphatic hydroxyl groups is 1. The Morgan fingerprint density at radius 1 is 1.69 bits per heavy atom. The quantitative estimate of drug-likeness (QED) is 0.748. The predicted octanol–water partition coefficient (Wildman–Crippen LogP) is 0.664. The van der Waals surface area contributed by atoms with Crippen molar-refractivity contribution in [3.05, 3.63) is 18.0 Å². The second-order valence-corrected chi connectivity index (χ2v) is 3.22. The Morgan fingerprint density at radius 3 is 2.77 bits per heavy atom. The standard InChI is InChI=1S/C9H16N2O2/c1-4-9(12,7-13-3)8-5-10-11(2)6-8/h5-6,12H,4,7H2,1-3H3. The molecule has 0 fully saturated rings. The van der Waals surface area contributed by atoms with Crippen molar-refractivity contribution in [3.8, 4) is 0 Å². The van der Waals surface area contributed by atoms with Crippen LogP contribution in [0.1, 0.15) is 18.9 Å². The van der Waals surface area contributed by atoms with Crippen molar-refractivity contribution in [2.75, 3.05) is 13.7 Å². The first kappa shape index (κ1) is 10.2. The van der Waals surface area contributed by atoms with Gasteiger partial charge in [0.05, 0.1) is 12.8 Å². The van der Waals surface area contributed by atoms with Crippen molar-refractivity contribution in [2.24, 2.45) is 7.05 Å². The molecule has 0 amide bonds. The summed E-state index contributed by atoms with van der Waals surface area (Å²) in [7, 11) is 3.41. The van der Waals surface area contributed by atoms with Gasteiger partial charge in [-0.05, 0) is 6.42 Å². The molecule has 1 aromatic rings. The fourth-order valence-corrected chi connectivity index (χ4v) is 1.29. The zero-order valence-corrected chi connectivity index (χ0v) is 8.32. The van der Waals surface area contributed by atoms with E-state index in [1.165, 1.54) is 0 Å². The minimum absolute atomic E-state index is 0.301. The largest absolute Gasteiger partial charge is 0.383 e. The van der Waals surface area contributed by atoms with Gasteiger partial charge >= 0.3 is 0 Å². The van der Waals surface area contributed by atoms with Gasteiger partial charge in [-0.2, -0.15) is 5.10 Å². The van der Waals surface area contributed by atoms with E-state index in [0.29, 0.717) is 13.0 Å². The van der Waals surface area contributed by atoms with Gasteiger partial charge in [0, 0.05) is 25.9 Å². The summed E-state index contributed by atoms with van der Waals surface area (Å²) >= 11 is 0. The Balaban J connectivity index is 2.88. The molecule has 1 aromatic heterocycles. The second-order valence-electron chi connectivity index (χ2n) is 3.22. The van der Waals surface area contributed by atoms with Crippen molar-refractivity contribution in [2.45, 2.75) is 18.9 Å². The van der Waals surface area contributed by atoms with Crippen LogP contribution in [0.4, 0.5) is 0 Å². The van der Waals surface area contributed by atoms with Crippen LogP contribution in [0.2, 0.25) is 0 Å². The molecule has 0 aliphatic heterocycles. The van der Waals surface area contributed by atoms with Crippen LogP contribution in [0.5, 0.6) is 0 Å². The highest BCUT2D eigenvalue weighted by atomic mass is 16.5. The molecule has 1 heterocycles. The number of aryl methyl sites for hydroxylation is 1. The SMILES string of the molecule is CCC(O)(COC)c1cnn(C)c1. The van der Waals surface area contributed by atoms with E-state index in [2.05, 4.69) is 5.10 Å². The van der Waals surface area contributed by atoms with Crippen LogP contribution in [0, 0.1) is 0 Å². The van der Waals surface area contributed by atoms with Crippen LogP contribution >= 0.6 is 0 Å². The fraction of sp³-hybridized carbons (Fsp3) is 0.667. The Hall–Kier alpha value is -0.870. The molecule has 0 aromatic carbocycles. The van der Waals surface area contributed by atoms with Crippen molar-refractivity contribution in [3.63, 3.8) is 0 Å². The van der Waals surface area contributed by atoms with Gasteiger partial charge in [-0.1, -0.05) is 6.92 Å². The van der Waals surface area contributed by atoms with E-state index >= 15 is 0 Å². The molecule has 1 N–H and O–H groups in total. The highest BCUT2D eigenvalue weighted by Gasteiger charge is 2.28. The molecule has 4 nitrogen and oxygen atoms in total. The monoisotopic (exact) mass is 184 g/mol. The summed E-state index contributed by atoms with van der Waals surface area (Å²) in [5.41, 5.74) is -0.0948. The second kappa shape index (κ2) is 3.89. The third-order valence-electron chi connectivity index (χ3n) is 2.21. The molecule has 4 heteroatoms. The van der Waals surface area contributed by atoms with E-state index in [1.54, 1.807) is 18.0 Å². The molecule has 1 atom stereocenters. The zero-order chi connectivity index (χ0) is 9.90. The normalized spacial score (nSPS) is 15.7. The molecule has 1 rings (SSSR count). The summed E-state index contributed by atoms with van der Waals surface area (Å²) in [6, 6.07) is 0. The maximum absolute atomic E-state index is 10.1. The average molecular weight is 184 g/mol. The number of aromatic nitrogens is 2. The fourth-order valence-electron chi connectivity index (χ4n) is 1.29. The molecule has 13 heavy (non-hydrogen) atoms. The molecule has 0 aliphatic carbocycles. The van der Waals surface area contributed by atoms with Crippen LogP contribution in [-0.2, 0) is 17.4 Å². The molecule has 0 saturated carbocycles. The number of methoxy groups -OCH3 is 1. The van der Waals surface area contributed by atoms with Gasteiger partial charge in [-0.3, -0.25) is 4.68 Å². The number of rotatable bonds is 4. The molecule has 1 unspecified atom stereocenters. The van der Waals surface area contributed by atoms with Crippen LogP contribution < -0.4 is 0 Å². The molecule has 0 spiro atoms. The summed E-state index contributed by atoms with van der Waals surface area (Å²) in [5.74, 6) is 0. The lowest BCUT2D eigenvalue weighted by Gasteiger charge is -2.24. The molecule has 0 aliphatic rings. The minimum atomic E-state index is -0.900. The summed E-state index contributed by atoms with van der Waals surface area (Å²) < 4.78 is 6.65. The molecular formula is C9H16N2O2. The van der Waals surface area contributed by atoms with E-state index in [-0.39, 0.29) is 0 Å². The van der Waals surface area contributed by atoms with Crippen molar-refractivity contribution in [1.82, 2.24) is 9.78 Å². The summed E-state index contributed by atoms with van der Waals surface area (Å²) in [6.45, 7) is 2.22. The molecule has 74 valence electrons. The summed E-state index contributed by atoms with van der Waals surface area (Å²) in [4.78, 5) is 0. The highest BCUT2D eigenvalue weighted by Crippen LogP contribution is 2.24. The molecule has 0 radical (unpaired) electrons. The van der Waals surface area contributed by atoms with Crippen LogP contribution in [0.25, 0.3) is 0 Å². The van der Waals surface area contributed by atoms with Gasteiger partial charge in [-0.15, -0.1) is 0 Å². The number of hydrogen-bond donors (Lipinski definition) is 1. The van der Waals surface area contributed by atoms with Gasteiger partial charge in [0.15, 0.2) is 0 Å². The molecule has 0 bridgehead atoms. The van der Waals surface area contributed by atoms with E-state index in [1.807, 2.05) is 20.2 Å². The third-order valence-corrected chi connectivity index (χ3v) is 2.21. The smallest absolute Gasteiger partial charge is 0.116 e. The Labute approximate surface area is 78.1 Å². The van der Waals surface area contributed by atoms with Crippen molar-refractivity contribution >= 4 is 0 Å². The highest BCUT2D eigenvalue weighted by molar-refractivity contribution is 5.14. The lowest BCUT2D eigenvalue weighted by atomic mass is 9.95. The van der Waals surface area contributed by atoms with Crippen LogP contribution in [0.3, 0.4) is 0 Å². The maximum Gasteiger partial charge on any atom is 0.116 e. The first-order valence-corrected chi connectivity index (χ1v) is 4.33. The Morgan fingerprint density at radius 2 is 2.38 bits per heavy atom. The van der Waals surface area contributed by atoms with Gasteiger partial charge in [0.1, 0.15) is 5.60 Å². The average Bonchev–Trinajstić information content (AvgIpc) is 2.52. The van der Waals surface area contributed by atoms with E-state index < -0.39 is 5.60 Å². The lowest BCUT2D eigenvalue weighted by Crippen LogP contribution is -2.29. The summed E-state index contributed by atoms with van der Waals surface area (Å²) in [5, 5.41) is 14.1. The van der Waals surface area contributed by atoms with Crippen LogP contribution in [-0.4, -0.2) is 28.6 Å². The van der Waals surface area contributed by atoms with E-state index in [0.717, 1.165) is 5.56 Å². The lowest BCUT2D eigenvalue weighted by molar-refractivity contribution is -0.0386. The predicted molar refractivity (Wildman–Crippen MR) is 49.3 cm³/mol. The number of ether oxygens (including phenoxy) is 1. The van der Waals surface area contributed by atoms with E-state index in [4.69, 9.17) is 4.74 Å².